The number of para-hydroxylation sites is 1. The predicted octanol–water partition coefficient (Wildman–Crippen LogP) is 4.87. The molecule has 2 unspecified atom stereocenters. The molecule has 1 aromatic heterocycles. The van der Waals surface area contributed by atoms with Gasteiger partial charge in [-0.25, -0.2) is 0 Å². The van der Waals surface area contributed by atoms with Crippen LogP contribution in [-0.4, -0.2) is 46.2 Å². The van der Waals surface area contributed by atoms with Gasteiger partial charge < -0.3 is 14.8 Å². The molecule has 1 N–H and O–H groups in total. The molecule has 3 aromatic rings. The lowest BCUT2D eigenvalue weighted by atomic mass is 9.83. The zero-order chi connectivity index (χ0) is 21.5. The first-order chi connectivity index (χ1) is 15.0. The van der Waals surface area contributed by atoms with Crippen LogP contribution in [0.2, 0.25) is 5.02 Å². The van der Waals surface area contributed by atoms with Crippen LogP contribution in [-0.2, 0) is 9.59 Å². The highest BCUT2D eigenvalue weighted by Gasteiger charge is 2.37. The SMILES string of the molecule is CC1c2[nH]c3ccccc3c2C(c2ccccc2Cl)CN1C(=O)CCN1CCCC1=O. The van der Waals surface area contributed by atoms with Gasteiger partial charge in [-0.05, 0) is 36.6 Å². The van der Waals surface area contributed by atoms with Gasteiger partial charge >= 0.3 is 0 Å². The number of nitrogens with zero attached hydrogens (tertiary/aromatic N) is 2. The van der Waals surface area contributed by atoms with E-state index in [2.05, 4.69) is 36.2 Å². The molecule has 0 saturated carbocycles. The lowest BCUT2D eigenvalue weighted by Gasteiger charge is -2.39. The number of halogens is 1. The number of likely N-dealkylation sites (tertiary alicyclic amines) is 1. The predicted molar refractivity (Wildman–Crippen MR) is 122 cm³/mol. The highest BCUT2D eigenvalue weighted by atomic mass is 35.5. The molecule has 1 saturated heterocycles. The summed E-state index contributed by atoms with van der Waals surface area (Å²) in [4.78, 5) is 32.6. The molecule has 31 heavy (non-hydrogen) atoms. The lowest BCUT2D eigenvalue weighted by molar-refractivity contribution is -0.135. The summed E-state index contributed by atoms with van der Waals surface area (Å²) >= 11 is 6.61. The number of carbonyl (C=O) groups is 2. The van der Waals surface area contributed by atoms with Crippen LogP contribution < -0.4 is 0 Å². The normalized spacial score (nSPS) is 21.0. The Morgan fingerprint density at radius 1 is 1.16 bits per heavy atom. The van der Waals surface area contributed by atoms with Crippen LogP contribution >= 0.6 is 11.6 Å². The highest BCUT2D eigenvalue weighted by Crippen LogP contribution is 2.44. The Morgan fingerprint density at radius 3 is 2.71 bits per heavy atom. The summed E-state index contributed by atoms with van der Waals surface area (Å²) in [5.41, 5.74) is 4.42. The summed E-state index contributed by atoms with van der Waals surface area (Å²) in [6.07, 6.45) is 1.84. The molecule has 3 heterocycles. The van der Waals surface area contributed by atoms with Crippen molar-refractivity contribution in [2.75, 3.05) is 19.6 Å². The van der Waals surface area contributed by atoms with Crippen LogP contribution in [0.3, 0.4) is 0 Å². The van der Waals surface area contributed by atoms with Crippen molar-refractivity contribution in [3.63, 3.8) is 0 Å². The third-order valence-corrected chi connectivity index (χ3v) is 7.10. The second-order valence-electron chi connectivity index (χ2n) is 8.53. The second-order valence-corrected chi connectivity index (χ2v) is 8.94. The maximum atomic E-state index is 13.3. The molecule has 2 atom stereocenters. The molecule has 5 nitrogen and oxygen atoms in total. The van der Waals surface area contributed by atoms with Gasteiger partial charge in [-0.1, -0.05) is 48.0 Å². The molecule has 2 aliphatic heterocycles. The van der Waals surface area contributed by atoms with E-state index < -0.39 is 0 Å². The van der Waals surface area contributed by atoms with Crippen molar-refractivity contribution in [1.29, 1.82) is 0 Å². The van der Waals surface area contributed by atoms with Gasteiger partial charge in [-0.15, -0.1) is 0 Å². The van der Waals surface area contributed by atoms with Crippen LogP contribution in [0.5, 0.6) is 0 Å². The number of fused-ring (bicyclic) bond motifs is 3. The molecule has 2 aromatic carbocycles. The maximum Gasteiger partial charge on any atom is 0.224 e. The Labute approximate surface area is 187 Å². The second kappa shape index (κ2) is 8.04. The van der Waals surface area contributed by atoms with Crippen molar-refractivity contribution in [3.05, 3.63) is 70.4 Å². The molecule has 2 aliphatic rings. The van der Waals surface area contributed by atoms with Gasteiger partial charge in [-0.3, -0.25) is 9.59 Å². The molecule has 5 rings (SSSR count). The Kier molecular flexibility index (Phi) is 5.22. The Balaban J connectivity index is 1.51. The Morgan fingerprint density at radius 2 is 1.94 bits per heavy atom. The topological polar surface area (TPSA) is 56.4 Å². The number of rotatable bonds is 4. The smallest absolute Gasteiger partial charge is 0.224 e. The van der Waals surface area contributed by atoms with Crippen LogP contribution in [0.15, 0.2) is 48.5 Å². The fraction of sp³-hybridized carbons (Fsp3) is 0.360. The molecule has 0 spiro atoms. The van der Waals surface area contributed by atoms with E-state index in [9.17, 15) is 9.59 Å². The van der Waals surface area contributed by atoms with Crippen molar-refractivity contribution in [3.8, 4) is 0 Å². The number of hydrogen-bond acceptors (Lipinski definition) is 2. The molecule has 160 valence electrons. The maximum absolute atomic E-state index is 13.3. The fourth-order valence-corrected chi connectivity index (χ4v) is 5.40. The molecular weight excluding hydrogens is 410 g/mol. The molecule has 1 fully saturated rings. The molecule has 0 radical (unpaired) electrons. The molecular formula is C25H26ClN3O2. The van der Waals surface area contributed by atoms with Crippen LogP contribution in [0.25, 0.3) is 10.9 Å². The van der Waals surface area contributed by atoms with E-state index in [4.69, 9.17) is 11.6 Å². The minimum Gasteiger partial charge on any atom is -0.356 e. The van der Waals surface area contributed by atoms with Crippen molar-refractivity contribution < 1.29 is 9.59 Å². The van der Waals surface area contributed by atoms with Crippen molar-refractivity contribution in [1.82, 2.24) is 14.8 Å². The average molecular weight is 436 g/mol. The number of aromatic nitrogens is 1. The molecule has 6 heteroatoms. The van der Waals surface area contributed by atoms with E-state index in [0.717, 1.165) is 29.7 Å². The third-order valence-electron chi connectivity index (χ3n) is 6.76. The number of amides is 2. The van der Waals surface area contributed by atoms with E-state index in [-0.39, 0.29) is 23.8 Å². The minimum absolute atomic E-state index is 0.00609. The summed E-state index contributed by atoms with van der Waals surface area (Å²) in [7, 11) is 0. The van der Waals surface area contributed by atoms with Crippen LogP contribution in [0.4, 0.5) is 0 Å². The quantitative estimate of drug-likeness (QED) is 0.635. The van der Waals surface area contributed by atoms with Gasteiger partial charge in [0.1, 0.15) is 0 Å². The van der Waals surface area contributed by atoms with E-state index in [0.29, 0.717) is 31.0 Å². The first-order valence-electron chi connectivity index (χ1n) is 11.0. The van der Waals surface area contributed by atoms with Gasteiger partial charge in [0.15, 0.2) is 0 Å². The van der Waals surface area contributed by atoms with Gasteiger partial charge in [0, 0.05) is 60.0 Å². The van der Waals surface area contributed by atoms with E-state index in [1.54, 1.807) is 0 Å². The monoisotopic (exact) mass is 435 g/mol. The average Bonchev–Trinajstić information content (AvgIpc) is 3.37. The highest BCUT2D eigenvalue weighted by molar-refractivity contribution is 6.31. The number of aromatic amines is 1. The first kappa shape index (κ1) is 20.1. The lowest BCUT2D eigenvalue weighted by Crippen LogP contribution is -2.42. The zero-order valence-corrected chi connectivity index (χ0v) is 18.4. The minimum atomic E-state index is -0.0667. The third kappa shape index (κ3) is 3.51. The van der Waals surface area contributed by atoms with Gasteiger partial charge in [-0.2, -0.15) is 0 Å². The van der Waals surface area contributed by atoms with Gasteiger partial charge in [0.2, 0.25) is 11.8 Å². The number of hydrogen-bond donors (Lipinski definition) is 1. The molecule has 0 bridgehead atoms. The van der Waals surface area contributed by atoms with Crippen molar-refractivity contribution in [2.24, 2.45) is 0 Å². The summed E-state index contributed by atoms with van der Waals surface area (Å²) in [5.74, 6) is 0.230. The first-order valence-corrected chi connectivity index (χ1v) is 11.3. The molecule has 0 aliphatic carbocycles. The Hall–Kier alpha value is -2.79. The summed E-state index contributed by atoms with van der Waals surface area (Å²) in [5, 5.41) is 1.90. The number of carbonyl (C=O) groups excluding carboxylic acids is 2. The standard InChI is InChI=1S/C25H26ClN3O2/c1-16-25-24(18-8-3-5-10-21(18)27-25)19(17-7-2-4-9-20(17)26)15-29(16)23(31)12-14-28-13-6-11-22(28)30/h2-5,7-10,16,19,27H,6,11-15H2,1H3. The Bertz CT molecular complexity index is 1150. The molecule has 2 amide bonds. The fourth-order valence-electron chi connectivity index (χ4n) is 5.14. The largest absolute Gasteiger partial charge is 0.356 e. The van der Waals surface area contributed by atoms with E-state index in [1.807, 2.05) is 34.1 Å². The van der Waals surface area contributed by atoms with Crippen molar-refractivity contribution in [2.45, 2.75) is 38.1 Å². The zero-order valence-electron chi connectivity index (χ0n) is 17.6. The summed E-state index contributed by atoms with van der Waals surface area (Å²) in [6.45, 7) is 3.91. The summed E-state index contributed by atoms with van der Waals surface area (Å²) in [6, 6.07) is 16.1. The van der Waals surface area contributed by atoms with E-state index >= 15 is 0 Å². The van der Waals surface area contributed by atoms with Crippen LogP contribution in [0.1, 0.15) is 55.0 Å². The summed E-state index contributed by atoms with van der Waals surface area (Å²) < 4.78 is 0. The number of H-pyrrole nitrogens is 1. The number of benzene rings is 2. The van der Waals surface area contributed by atoms with Crippen LogP contribution in [0, 0.1) is 0 Å². The van der Waals surface area contributed by atoms with Crippen molar-refractivity contribution >= 4 is 34.3 Å². The van der Waals surface area contributed by atoms with E-state index in [1.165, 1.54) is 10.9 Å². The van der Waals surface area contributed by atoms with Gasteiger partial charge in [0.05, 0.1) is 6.04 Å². The van der Waals surface area contributed by atoms with Gasteiger partial charge in [0.25, 0.3) is 0 Å². The number of nitrogens with one attached hydrogen (secondary N) is 1.